The minimum Gasteiger partial charge on any atom is -0.508 e. The van der Waals surface area contributed by atoms with Gasteiger partial charge in [0, 0.05) is 28.8 Å². The average Bonchev–Trinajstić information content (AvgIpc) is 3.03. The zero-order valence-corrected chi connectivity index (χ0v) is 18.3. The molecule has 5 nitrogen and oxygen atoms in total. The van der Waals surface area contributed by atoms with Gasteiger partial charge in [0.25, 0.3) is 0 Å². The highest BCUT2D eigenvalue weighted by atomic mass is 127. The number of ether oxygens (including phenoxy) is 1. The molecule has 1 N–H and O–H groups in total. The van der Waals surface area contributed by atoms with Crippen LogP contribution in [0.1, 0.15) is 11.4 Å². The van der Waals surface area contributed by atoms with Crippen LogP contribution in [-0.4, -0.2) is 32.0 Å². The van der Waals surface area contributed by atoms with Crippen molar-refractivity contribution in [2.75, 3.05) is 12.4 Å². The van der Waals surface area contributed by atoms with Crippen LogP contribution < -0.4 is 0 Å². The van der Waals surface area contributed by atoms with Crippen LogP contribution in [0.15, 0.2) is 42.6 Å². The van der Waals surface area contributed by atoms with Gasteiger partial charge in [-0.15, -0.1) is 0 Å². The fraction of sp³-hybridized carbons (Fsp3) is 0.263. The number of halogens is 4. The first-order valence-corrected chi connectivity index (χ1v) is 12.1. The lowest BCUT2D eigenvalue weighted by molar-refractivity contribution is -0.141. The Balaban J connectivity index is 1.94. The molecule has 3 rings (SSSR count). The van der Waals surface area contributed by atoms with Crippen LogP contribution in [0.4, 0.5) is 13.2 Å². The minimum absolute atomic E-state index is 0.00256. The Labute approximate surface area is 181 Å². The number of imidazole rings is 1. The highest BCUT2D eigenvalue weighted by molar-refractivity contribution is 14.2. The maximum absolute atomic E-state index is 13.4. The van der Waals surface area contributed by atoms with Gasteiger partial charge >= 0.3 is 6.18 Å². The van der Waals surface area contributed by atoms with Crippen molar-refractivity contribution in [1.82, 2.24) is 14.5 Å². The summed E-state index contributed by atoms with van der Waals surface area (Å²) in [5, 5.41) is 9.39. The Morgan fingerprint density at radius 3 is 2.41 bits per heavy atom. The molecule has 0 unspecified atom stereocenters. The highest BCUT2D eigenvalue weighted by Gasteiger charge is 2.37. The summed E-state index contributed by atoms with van der Waals surface area (Å²) in [5.74, 6) is 1.03. The van der Waals surface area contributed by atoms with Crippen LogP contribution >= 0.6 is 30.1 Å². The van der Waals surface area contributed by atoms with Gasteiger partial charge in [-0.1, -0.05) is 8.93 Å². The Bertz CT molecular complexity index is 961. The topological polar surface area (TPSA) is 60.2 Å². The van der Waals surface area contributed by atoms with Crippen molar-refractivity contribution in [2.45, 2.75) is 19.8 Å². The molecule has 0 aliphatic heterocycles. The number of benzene rings is 1. The average molecular weight is 535 g/mol. The van der Waals surface area contributed by atoms with Gasteiger partial charge < -0.3 is 14.4 Å². The molecule has 0 saturated carbocycles. The van der Waals surface area contributed by atoms with E-state index in [0.29, 0.717) is 17.9 Å². The molecule has 3 aromatic rings. The molecule has 2 heterocycles. The van der Waals surface area contributed by atoms with E-state index < -0.39 is 11.9 Å². The predicted octanol–water partition coefficient (Wildman–Crippen LogP) is 5.70. The molecule has 1 aromatic carbocycles. The lowest BCUT2D eigenvalue weighted by Crippen LogP contribution is -2.11. The smallest absolute Gasteiger partial charge is 0.435 e. The van der Waals surface area contributed by atoms with Gasteiger partial charge in [0.05, 0.1) is 12.3 Å². The largest absolute Gasteiger partial charge is 0.508 e. The standard InChI is InChI=1S/C19H17F3IN3O2S/c1-12-17(19(20,21)22)25-18(26(12)11-28-8-9-29-23)14-4-7-16(24-10-14)13-2-5-15(27)6-3-13/h2-7,10,27H,8-9,11H2,1H3. The number of aromatic hydroxyl groups is 1. The van der Waals surface area contributed by atoms with E-state index in [-0.39, 0.29) is 24.0 Å². The fourth-order valence-corrected chi connectivity index (χ4v) is 3.48. The summed E-state index contributed by atoms with van der Waals surface area (Å²) in [5.41, 5.74) is 0.941. The molecule has 29 heavy (non-hydrogen) atoms. The lowest BCUT2D eigenvalue weighted by Gasteiger charge is -2.11. The van der Waals surface area contributed by atoms with Crippen LogP contribution in [-0.2, 0) is 17.6 Å². The van der Waals surface area contributed by atoms with E-state index in [1.165, 1.54) is 17.7 Å². The van der Waals surface area contributed by atoms with Gasteiger partial charge in [0.15, 0.2) is 5.69 Å². The van der Waals surface area contributed by atoms with Crippen molar-refractivity contribution < 1.29 is 23.0 Å². The second-order valence-electron chi connectivity index (χ2n) is 6.12. The van der Waals surface area contributed by atoms with Gasteiger partial charge in [-0.3, -0.25) is 4.98 Å². The summed E-state index contributed by atoms with van der Waals surface area (Å²) in [6.07, 6.45) is -3.07. The molecule has 0 saturated heterocycles. The number of rotatable bonds is 7. The number of hydrogen-bond acceptors (Lipinski definition) is 5. The van der Waals surface area contributed by atoms with Gasteiger partial charge in [0.1, 0.15) is 18.3 Å². The summed E-state index contributed by atoms with van der Waals surface area (Å²) in [6.45, 7) is 1.78. The summed E-state index contributed by atoms with van der Waals surface area (Å²) >= 11 is 2.14. The van der Waals surface area contributed by atoms with Crippen molar-refractivity contribution in [3.05, 3.63) is 54.0 Å². The van der Waals surface area contributed by atoms with Crippen molar-refractivity contribution in [3.63, 3.8) is 0 Å². The number of pyridine rings is 1. The third kappa shape index (κ3) is 5.23. The molecular weight excluding hydrogens is 518 g/mol. The Hall–Kier alpha value is -1.79. The quantitative estimate of drug-likeness (QED) is 0.311. The molecular formula is C19H17F3IN3O2S. The summed E-state index contributed by atoms with van der Waals surface area (Å²) in [4.78, 5) is 8.19. The molecule has 0 fully saturated rings. The second-order valence-corrected chi connectivity index (χ2v) is 8.62. The molecule has 0 spiro atoms. The molecule has 0 aliphatic rings. The van der Waals surface area contributed by atoms with Crippen molar-refractivity contribution in [1.29, 1.82) is 0 Å². The van der Waals surface area contributed by atoms with Crippen molar-refractivity contribution in [3.8, 4) is 28.4 Å². The number of aromatic nitrogens is 3. The first-order chi connectivity index (χ1) is 13.8. The van der Waals surface area contributed by atoms with E-state index in [9.17, 15) is 18.3 Å². The second kappa shape index (κ2) is 9.35. The fourth-order valence-electron chi connectivity index (χ4n) is 2.76. The Morgan fingerprint density at radius 2 is 1.83 bits per heavy atom. The van der Waals surface area contributed by atoms with Crippen molar-refractivity contribution >= 4 is 30.1 Å². The van der Waals surface area contributed by atoms with E-state index >= 15 is 0 Å². The molecule has 0 amide bonds. The normalized spacial score (nSPS) is 11.8. The molecule has 10 heteroatoms. The van der Waals surface area contributed by atoms with Crippen LogP contribution in [0, 0.1) is 6.92 Å². The van der Waals surface area contributed by atoms with Crippen LogP contribution in [0.5, 0.6) is 5.75 Å². The number of hydrogen-bond donors (Lipinski definition) is 1. The number of alkyl halides is 3. The van der Waals surface area contributed by atoms with E-state index in [0.717, 1.165) is 11.3 Å². The van der Waals surface area contributed by atoms with Crippen LogP contribution in [0.3, 0.4) is 0 Å². The Kier molecular flexibility index (Phi) is 7.06. The molecule has 2 aromatic heterocycles. The number of phenols is 1. The van der Waals surface area contributed by atoms with E-state index in [1.807, 2.05) is 0 Å². The monoisotopic (exact) mass is 535 g/mol. The van der Waals surface area contributed by atoms with E-state index in [2.05, 4.69) is 31.2 Å². The predicted molar refractivity (Wildman–Crippen MR) is 115 cm³/mol. The maximum atomic E-state index is 13.4. The molecule has 0 aliphatic carbocycles. The zero-order valence-electron chi connectivity index (χ0n) is 15.3. The van der Waals surface area contributed by atoms with Gasteiger partial charge in [-0.25, -0.2) is 4.98 Å². The highest BCUT2D eigenvalue weighted by Crippen LogP contribution is 2.34. The zero-order chi connectivity index (χ0) is 21.0. The van der Waals surface area contributed by atoms with Gasteiger partial charge in [0.2, 0.25) is 0 Å². The molecule has 0 radical (unpaired) electrons. The maximum Gasteiger partial charge on any atom is 0.435 e. The SMILES string of the molecule is Cc1c(C(F)(F)F)nc(-c2ccc(-c3ccc(O)cc3)nc2)n1COCCSI. The molecule has 0 atom stereocenters. The summed E-state index contributed by atoms with van der Waals surface area (Å²) in [6, 6.07) is 9.89. The van der Waals surface area contributed by atoms with Crippen LogP contribution in [0.2, 0.25) is 0 Å². The van der Waals surface area contributed by atoms with E-state index in [4.69, 9.17) is 4.74 Å². The third-order valence-corrected chi connectivity index (χ3v) is 5.84. The minimum atomic E-state index is -4.55. The summed E-state index contributed by atoms with van der Waals surface area (Å²) in [7, 11) is 1.57. The third-order valence-electron chi connectivity index (χ3n) is 4.20. The van der Waals surface area contributed by atoms with Crippen LogP contribution in [0.25, 0.3) is 22.6 Å². The first-order valence-electron chi connectivity index (χ1n) is 8.52. The lowest BCUT2D eigenvalue weighted by atomic mass is 10.1. The van der Waals surface area contributed by atoms with Gasteiger partial charge in [-0.05, 0) is 64.5 Å². The van der Waals surface area contributed by atoms with Gasteiger partial charge in [-0.2, -0.15) is 13.2 Å². The Morgan fingerprint density at radius 1 is 1.14 bits per heavy atom. The van der Waals surface area contributed by atoms with E-state index in [1.54, 1.807) is 45.3 Å². The number of nitrogens with zero attached hydrogens (tertiary/aromatic N) is 3. The first kappa shape index (κ1) is 21.9. The summed E-state index contributed by atoms with van der Waals surface area (Å²) < 4.78 is 47.0. The van der Waals surface area contributed by atoms with Crippen molar-refractivity contribution in [2.24, 2.45) is 0 Å². The number of phenolic OH excluding ortho intramolecular Hbond substituents is 1. The molecule has 154 valence electrons. The molecule has 0 bridgehead atoms.